The molecule has 0 aromatic heterocycles. The molecule has 2 saturated heterocycles. The Kier molecular flexibility index (Phi) is 4.01. The molecule has 1 unspecified atom stereocenters. The molecule has 7 nitrogen and oxygen atoms in total. The van der Waals surface area contributed by atoms with Crippen molar-refractivity contribution in [3.63, 3.8) is 0 Å². The summed E-state index contributed by atoms with van der Waals surface area (Å²) in [5.74, 6) is -0.198. The van der Waals surface area contributed by atoms with Crippen molar-refractivity contribution < 1.29 is 18.0 Å². The summed E-state index contributed by atoms with van der Waals surface area (Å²) in [6.07, 6.45) is 0. The summed E-state index contributed by atoms with van der Waals surface area (Å²) in [6.45, 7) is 3.52. The highest BCUT2D eigenvalue weighted by Crippen LogP contribution is 2.19. The van der Waals surface area contributed by atoms with E-state index in [1.54, 1.807) is 28.9 Å². The molecule has 0 saturated carbocycles. The van der Waals surface area contributed by atoms with Gasteiger partial charge in [0.25, 0.3) is 5.91 Å². The summed E-state index contributed by atoms with van der Waals surface area (Å²) in [7, 11) is -3.34. The number of carbonyl (C=O) groups excluding carboxylic acids is 2. The standard InChI is InChI=1S/C15H19N3O4S/c1-2-23(21,22)13-5-3-4-11(8-13)14(19)17-6-7-18-12(10-17)9-16-15(18)20/h3-5,8,12H,2,6-7,9-10H2,1H3,(H,16,20). The summed E-state index contributed by atoms with van der Waals surface area (Å²) in [5.41, 5.74) is 0.366. The van der Waals surface area contributed by atoms with Gasteiger partial charge in [-0.1, -0.05) is 13.0 Å². The van der Waals surface area contributed by atoms with E-state index in [1.807, 2.05) is 0 Å². The molecule has 0 aliphatic carbocycles. The number of hydrogen-bond acceptors (Lipinski definition) is 4. The molecule has 0 spiro atoms. The zero-order valence-electron chi connectivity index (χ0n) is 12.9. The molecule has 1 aromatic carbocycles. The predicted octanol–water partition coefficient (Wildman–Crippen LogP) is 0.330. The molecule has 8 heteroatoms. The number of nitrogens with zero attached hydrogens (tertiary/aromatic N) is 2. The number of fused-ring (bicyclic) bond motifs is 1. The molecule has 2 heterocycles. The molecule has 0 radical (unpaired) electrons. The largest absolute Gasteiger partial charge is 0.336 e. The number of rotatable bonds is 3. The van der Waals surface area contributed by atoms with Crippen LogP contribution >= 0.6 is 0 Å². The molecule has 2 aliphatic heterocycles. The second-order valence-electron chi connectivity index (χ2n) is 5.72. The van der Waals surface area contributed by atoms with Gasteiger partial charge in [0.15, 0.2) is 9.84 Å². The Morgan fingerprint density at radius 3 is 2.87 bits per heavy atom. The topological polar surface area (TPSA) is 86.8 Å². The minimum atomic E-state index is -3.34. The second kappa shape index (κ2) is 5.84. The number of benzene rings is 1. The molecule has 3 amide bonds. The first-order chi connectivity index (χ1) is 10.9. The summed E-state index contributed by atoms with van der Waals surface area (Å²) in [4.78, 5) is 27.8. The van der Waals surface area contributed by atoms with Crippen LogP contribution in [0, 0.1) is 0 Å². The second-order valence-corrected chi connectivity index (χ2v) is 7.99. The summed E-state index contributed by atoms with van der Waals surface area (Å²) in [5, 5.41) is 2.77. The monoisotopic (exact) mass is 337 g/mol. The molecule has 1 atom stereocenters. The van der Waals surface area contributed by atoms with Crippen LogP contribution in [-0.4, -0.2) is 68.1 Å². The maximum absolute atomic E-state index is 12.6. The van der Waals surface area contributed by atoms with Gasteiger partial charge in [0.05, 0.1) is 16.7 Å². The van der Waals surface area contributed by atoms with Gasteiger partial charge in [-0.2, -0.15) is 0 Å². The summed E-state index contributed by atoms with van der Waals surface area (Å²) in [6, 6.07) is 6.06. The van der Waals surface area contributed by atoms with Crippen LogP contribution in [0.15, 0.2) is 29.2 Å². The lowest BCUT2D eigenvalue weighted by Gasteiger charge is -2.36. The molecule has 1 N–H and O–H groups in total. The number of hydrogen-bond donors (Lipinski definition) is 1. The van der Waals surface area contributed by atoms with Gasteiger partial charge in [0.1, 0.15) is 0 Å². The Bertz CT molecular complexity index is 747. The highest BCUT2D eigenvalue weighted by atomic mass is 32.2. The number of amides is 3. The molecule has 2 aliphatic rings. The van der Waals surface area contributed by atoms with Crippen LogP contribution in [0.5, 0.6) is 0 Å². The van der Waals surface area contributed by atoms with Crippen molar-refractivity contribution >= 4 is 21.8 Å². The molecular formula is C15H19N3O4S. The molecule has 23 heavy (non-hydrogen) atoms. The third kappa shape index (κ3) is 2.90. The van der Waals surface area contributed by atoms with Crippen molar-refractivity contribution in [3.05, 3.63) is 29.8 Å². The van der Waals surface area contributed by atoms with Crippen molar-refractivity contribution in [1.29, 1.82) is 0 Å². The first kappa shape index (κ1) is 15.8. The van der Waals surface area contributed by atoms with E-state index in [0.717, 1.165) is 0 Å². The number of carbonyl (C=O) groups is 2. The van der Waals surface area contributed by atoms with Gasteiger partial charge in [0.2, 0.25) is 0 Å². The van der Waals surface area contributed by atoms with Gasteiger partial charge in [0, 0.05) is 31.7 Å². The Labute approximate surface area is 135 Å². The Morgan fingerprint density at radius 2 is 2.13 bits per heavy atom. The highest BCUT2D eigenvalue weighted by molar-refractivity contribution is 7.91. The molecule has 1 aromatic rings. The molecule has 124 valence electrons. The lowest BCUT2D eigenvalue weighted by atomic mass is 10.1. The van der Waals surface area contributed by atoms with E-state index in [1.165, 1.54) is 12.1 Å². The van der Waals surface area contributed by atoms with Gasteiger partial charge in [-0.15, -0.1) is 0 Å². The number of sulfone groups is 1. The first-order valence-corrected chi connectivity index (χ1v) is 9.24. The van der Waals surface area contributed by atoms with Crippen molar-refractivity contribution in [1.82, 2.24) is 15.1 Å². The van der Waals surface area contributed by atoms with Crippen LogP contribution in [0.4, 0.5) is 4.79 Å². The normalized spacial score (nSPS) is 21.1. The van der Waals surface area contributed by atoms with E-state index in [9.17, 15) is 18.0 Å². The Balaban J connectivity index is 1.79. The smallest absolute Gasteiger partial charge is 0.317 e. The minimum Gasteiger partial charge on any atom is -0.336 e. The Hall–Kier alpha value is -2.09. The fraction of sp³-hybridized carbons (Fsp3) is 0.467. The molecule has 2 fully saturated rings. The van der Waals surface area contributed by atoms with Gasteiger partial charge < -0.3 is 15.1 Å². The van der Waals surface area contributed by atoms with Gasteiger partial charge in [-0.05, 0) is 18.2 Å². The maximum atomic E-state index is 12.6. The molecular weight excluding hydrogens is 318 g/mol. The van der Waals surface area contributed by atoms with Gasteiger partial charge >= 0.3 is 6.03 Å². The number of piperazine rings is 1. The van der Waals surface area contributed by atoms with E-state index >= 15 is 0 Å². The summed E-state index contributed by atoms with van der Waals surface area (Å²) < 4.78 is 23.9. The van der Waals surface area contributed by atoms with Crippen LogP contribution in [0.3, 0.4) is 0 Å². The zero-order valence-corrected chi connectivity index (χ0v) is 13.7. The Morgan fingerprint density at radius 1 is 1.35 bits per heavy atom. The molecule has 0 bridgehead atoms. The fourth-order valence-electron chi connectivity index (χ4n) is 2.96. The average molecular weight is 337 g/mol. The van der Waals surface area contributed by atoms with Crippen molar-refractivity contribution in [2.45, 2.75) is 17.9 Å². The quantitative estimate of drug-likeness (QED) is 0.861. The van der Waals surface area contributed by atoms with Crippen molar-refractivity contribution in [2.24, 2.45) is 0 Å². The fourth-order valence-corrected chi connectivity index (χ4v) is 3.89. The highest BCUT2D eigenvalue weighted by Gasteiger charge is 2.37. The number of nitrogens with one attached hydrogen (secondary N) is 1. The number of urea groups is 1. The van der Waals surface area contributed by atoms with Crippen LogP contribution in [-0.2, 0) is 9.84 Å². The maximum Gasteiger partial charge on any atom is 0.317 e. The van der Waals surface area contributed by atoms with Gasteiger partial charge in [-0.3, -0.25) is 4.79 Å². The van der Waals surface area contributed by atoms with E-state index in [0.29, 0.717) is 31.7 Å². The SMILES string of the molecule is CCS(=O)(=O)c1cccc(C(=O)N2CCN3C(=O)NCC3C2)c1. The lowest BCUT2D eigenvalue weighted by Crippen LogP contribution is -2.53. The van der Waals surface area contributed by atoms with E-state index in [4.69, 9.17) is 0 Å². The predicted molar refractivity (Wildman–Crippen MR) is 84.0 cm³/mol. The lowest BCUT2D eigenvalue weighted by molar-refractivity contribution is 0.0616. The molecule has 3 rings (SSSR count). The van der Waals surface area contributed by atoms with Crippen LogP contribution in [0.25, 0.3) is 0 Å². The third-order valence-electron chi connectivity index (χ3n) is 4.34. The third-order valence-corrected chi connectivity index (χ3v) is 6.07. The van der Waals surface area contributed by atoms with Gasteiger partial charge in [-0.25, -0.2) is 13.2 Å². The summed E-state index contributed by atoms with van der Waals surface area (Å²) >= 11 is 0. The minimum absolute atomic E-state index is 0.000820. The first-order valence-electron chi connectivity index (χ1n) is 7.59. The van der Waals surface area contributed by atoms with E-state index < -0.39 is 9.84 Å². The van der Waals surface area contributed by atoms with E-state index in [2.05, 4.69) is 5.32 Å². The van der Waals surface area contributed by atoms with Crippen LogP contribution < -0.4 is 5.32 Å². The van der Waals surface area contributed by atoms with E-state index in [-0.39, 0.29) is 28.6 Å². The van der Waals surface area contributed by atoms with Crippen molar-refractivity contribution in [2.75, 3.05) is 31.9 Å². The zero-order chi connectivity index (χ0) is 16.6. The average Bonchev–Trinajstić information content (AvgIpc) is 2.95. The van der Waals surface area contributed by atoms with Crippen LogP contribution in [0.2, 0.25) is 0 Å². The van der Waals surface area contributed by atoms with Crippen molar-refractivity contribution in [3.8, 4) is 0 Å². The van der Waals surface area contributed by atoms with Crippen LogP contribution in [0.1, 0.15) is 17.3 Å².